The van der Waals surface area contributed by atoms with Crippen LogP contribution in [0.1, 0.15) is 22.8 Å². The standard InChI is InChI=1S/C19H14ClNO4/c1-2-25-19(24)15(17(22)11-6-4-3-5-7-11)16-18(23)13-9-8-12(20)10-14(13)21-16/h3-10,22H,2H2,1H3/b17-15+. The van der Waals surface area contributed by atoms with Crippen molar-refractivity contribution in [2.45, 2.75) is 6.92 Å². The summed E-state index contributed by atoms with van der Waals surface area (Å²) in [5.74, 6) is -1.63. The van der Waals surface area contributed by atoms with E-state index in [1.165, 1.54) is 6.07 Å². The maximum absolute atomic E-state index is 12.7. The minimum atomic E-state index is -0.810. The van der Waals surface area contributed by atoms with Crippen LogP contribution < -0.4 is 0 Å². The minimum Gasteiger partial charge on any atom is -0.506 e. The van der Waals surface area contributed by atoms with Gasteiger partial charge < -0.3 is 9.84 Å². The highest BCUT2D eigenvalue weighted by Crippen LogP contribution is 2.33. The first kappa shape index (κ1) is 16.9. The number of rotatable bonds is 4. The second-order valence-electron chi connectivity index (χ2n) is 5.26. The molecule has 25 heavy (non-hydrogen) atoms. The van der Waals surface area contributed by atoms with Gasteiger partial charge in [0, 0.05) is 10.6 Å². The number of aliphatic imine (C=N–C) groups is 1. The number of carbonyl (C=O) groups is 2. The second-order valence-corrected chi connectivity index (χ2v) is 5.70. The number of nitrogens with zero attached hydrogens (tertiary/aromatic N) is 1. The summed E-state index contributed by atoms with van der Waals surface area (Å²) >= 11 is 5.94. The number of halogens is 1. The van der Waals surface area contributed by atoms with Crippen molar-refractivity contribution in [2.75, 3.05) is 6.61 Å². The Bertz CT molecular complexity index is 916. The van der Waals surface area contributed by atoms with E-state index in [0.717, 1.165) is 0 Å². The third kappa shape index (κ3) is 3.19. The van der Waals surface area contributed by atoms with Gasteiger partial charge in [-0.2, -0.15) is 0 Å². The molecule has 0 amide bonds. The SMILES string of the molecule is CCOC(=O)/C(C1=Nc2cc(Cl)ccc2C1=O)=C(/O)c1ccccc1. The highest BCUT2D eigenvalue weighted by Gasteiger charge is 2.34. The molecule has 0 bridgehead atoms. The number of ether oxygens (including phenoxy) is 1. The Labute approximate surface area is 149 Å². The number of ketones is 1. The van der Waals surface area contributed by atoms with E-state index < -0.39 is 11.8 Å². The van der Waals surface area contributed by atoms with Gasteiger partial charge in [-0.3, -0.25) is 4.79 Å². The third-order valence-electron chi connectivity index (χ3n) is 3.65. The molecular formula is C19H14ClNO4. The molecule has 126 valence electrons. The predicted molar refractivity (Wildman–Crippen MR) is 95.5 cm³/mol. The Morgan fingerprint density at radius 3 is 2.60 bits per heavy atom. The fourth-order valence-corrected chi connectivity index (χ4v) is 2.67. The van der Waals surface area contributed by atoms with Gasteiger partial charge in [0.1, 0.15) is 17.0 Å². The fraction of sp³-hybridized carbons (Fsp3) is 0.105. The Balaban J connectivity index is 2.16. The van der Waals surface area contributed by atoms with Crippen LogP contribution in [0.25, 0.3) is 5.76 Å². The molecule has 0 saturated carbocycles. The van der Waals surface area contributed by atoms with Crippen molar-refractivity contribution in [3.05, 3.63) is 70.3 Å². The van der Waals surface area contributed by atoms with Crippen molar-refractivity contribution < 1.29 is 19.4 Å². The van der Waals surface area contributed by atoms with Crippen LogP contribution in [0, 0.1) is 0 Å². The molecule has 0 atom stereocenters. The molecule has 0 spiro atoms. The number of aliphatic hydroxyl groups is 1. The number of esters is 1. The molecule has 6 heteroatoms. The summed E-state index contributed by atoms with van der Waals surface area (Å²) < 4.78 is 5.01. The first-order chi connectivity index (χ1) is 12.0. The number of fused-ring (bicyclic) bond motifs is 1. The van der Waals surface area contributed by atoms with Crippen LogP contribution in [-0.4, -0.2) is 29.2 Å². The van der Waals surface area contributed by atoms with E-state index in [9.17, 15) is 14.7 Å². The number of hydrogen-bond donors (Lipinski definition) is 1. The Morgan fingerprint density at radius 1 is 1.20 bits per heavy atom. The predicted octanol–water partition coefficient (Wildman–Crippen LogP) is 4.14. The van der Waals surface area contributed by atoms with E-state index in [1.807, 2.05) is 0 Å². The highest BCUT2D eigenvalue weighted by atomic mass is 35.5. The summed E-state index contributed by atoms with van der Waals surface area (Å²) in [5, 5.41) is 11.0. The molecule has 0 fully saturated rings. The van der Waals surface area contributed by atoms with Gasteiger partial charge in [0.15, 0.2) is 0 Å². The molecule has 1 heterocycles. The molecular weight excluding hydrogens is 342 g/mol. The molecule has 2 aromatic rings. The van der Waals surface area contributed by atoms with Crippen molar-refractivity contribution in [1.29, 1.82) is 0 Å². The van der Waals surface area contributed by atoms with Crippen molar-refractivity contribution >= 4 is 40.5 Å². The summed E-state index contributed by atoms with van der Waals surface area (Å²) in [7, 11) is 0. The maximum atomic E-state index is 12.7. The number of benzene rings is 2. The smallest absolute Gasteiger partial charge is 0.344 e. The lowest BCUT2D eigenvalue weighted by atomic mass is 9.99. The number of aliphatic hydroxyl groups excluding tert-OH is 1. The van der Waals surface area contributed by atoms with Crippen molar-refractivity contribution in [2.24, 2.45) is 4.99 Å². The van der Waals surface area contributed by atoms with Crippen LogP contribution in [0.15, 0.2) is 59.1 Å². The van der Waals surface area contributed by atoms with E-state index in [1.54, 1.807) is 49.4 Å². The molecule has 1 aliphatic heterocycles. The van der Waals surface area contributed by atoms with Crippen LogP contribution in [0.5, 0.6) is 0 Å². The zero-order valence-electron chi connectivity index (χ0n) is 13.3. The van der Waals surface area contributed by atoms with Gasteiger partial charge in [-0.05, 0) is 25.1 Å². The maximum Gasteiger partial charge on any atom is 0.344 e. The number of hydrogen-bond acceptors (Lipinski definition) is 5. The summed E-state index contributed by atoms with van der Waals surface area (Å²) in [5.41, 5.74) is 0.648. The Hall–Kier alpha value is -2.92. The van der Waals surface area contributed by atoms with E-state index in [-0.39, 0.29) is 23.7 Å². The number of Topliss-reactive ketones (excluding diaryl/α,β-unsaturated/α-hetero) is 1. The average molecular weight is 356 g/mol. The van der Waals surface area contributed by atoms with Gasteiger partial charge in [0.05, 0.1) is 17.9 Å². The van der Waals surface area contributed by atoms with Gasteiger partial charge in [0.25, 0.3) is 0 Å². The summed E-state index contributed by atoms with van der Waals surface area (Å²) in [4.78, 5) is 29.3. The quantitative estimate of drug-likeness (QED) is 0.508. The van der Waals surface area contributed by atoms with Gasteiger partial charge in [0.2, 0.25) is 5.78 Å². The normalized spacial score (nSPS) is 13.8. The van der Waals surface area contributed by atoms with Gasteiger partial charge in [-0.1, -0.05) is 41.9 Å². The topological polar surface area (TPSA) is 76.0 Å². The Kier molecular flexibility index (Phi) is 4.67. The average Bonchev–Trinajstić information content (AvgIpc) is 2.92. The summed E-state index contributed by atoms with van der Waals surface area (Å²) in [6.07, 6.45) is 0. The van der Waals surface area contributed by atoms with Crippen LogP contribution in [0.2, 0.25) is 5.02 Å². The number of carbonyl (C=O) groups excluding carboxylic acids is 2. The Morgan fingerprint density at radius 2 is 1.92 bits per heavy atom. The van der Waals surface area contributed by atoms with Gasteiger partial charge in [-0.25, -0.2) is 9.79 Å². The second kappa shape index (κ2) is 6.91. The largest absolute Gasteiger partial charge is 0.506 e. The lowest BCUT2D eigenvalue weighted by Crippen LogP contribution is -2.22. The highest BCUT2D eigenvalue weighted by molar-refractivity contribution is 6.59. The van der Waals surface area contributed by atoms with Crippen LogP contribution in [-0.2, 0) is 9.53 Å². The minimum absolute atomic E-state index is 0.102. The molecule has 5 nitrogen and oxygen atoms in total. The molecule has 3 rings (SSSR count). The van der Waals surface area contributed by atoms with Gasteiger partial charge in [-0.15, -0.1) is 0 Å². The molecule has 0 aromatic heterocycles. The third-order valence-corrected chi connectivity index (χ3v) is 3.89. The van der Waals surface area contributed by atoms with Crippen LogP contribution >= 0.6 is 11.6 Å². The lowest BCUT2D eigenvalue weighted by Gasteiger charge is -2.09. The van der Waals surface area contributed by atoms with Gasteiger partial charge >= 0.3 is 5.97 Å². The zero-order valence-corrected chi connectivity index (χ0v) is 14.1. The van der Waals surface area contributed by atoms with Crippen LogP contribution in [0.4, 0.5) is 5.69 Å². The molecule has 1 aliphatic rings. The zero-order chi connectivity index (χ0) is 18.0. The first-order valence-electron chi connectivity index (χ1n) is 7.62. The fourth-order valence-electron chi connectivity index (χ4n) is 2.51. The van der Waals surface area contributed by atoms with E-state index in [2.05, 4.69) is 4.99 Å². The molecule has 1 N–H and O–H groups in total. The van der Waals surface area contributed by atoms with Crippen molar-refractivity contribution in [3.8, 4) is 0 Å². The monoisotopic (exact) mass is 355 g/mol. The molecule has 0 unspecified atom stereocenters. The summed E-state index contributed by atoms with van der Waals surface area (Å²) in [6, 6.07) is 13.1. The van der Waals surface area contributed by atoms with Crippen molar-refractivity contribution in [3.63, 3.8) is 0 Å². The van der Waals surface area contributed by atoms with E-state index >= 15 is 0 Å². The summed E-state index contributed by atoms with van der Waals surface area (Å²) in [6.45, 7) is 1.74. The van der Waals surface area contributed by atoms with E-state index in [4.69, 9.17) is 16.3 Å². The molecule has 0 aliphatic carbocycles. The van der Waals surface area contributed by atoms with E-state index in [0.29, 0.717) is 21.8 Å². The lowest BCUT2D eigenvalue weighted by molar-refractivity contribution is -0.137. The van der Waals surface area contributed by atoms with Crippen LogP contribution in [0.3, 0.4) is 0 Å². The first-order valence-corrected chi connectivity index (χ1v) is 7.99. The molecule has 0 radical (unpaired) electrons. The molecule has 0 saturated heterocycles. The van der Waals surface area contributed by atoms with Crippen molar-refractivity contribution in [1.82, 2.24) is 0 Å². The molecule has 2 aromatic carbocycles.